The number of carbonyl (C=O) groups is 1. The number of methoxy groups -OCH3 is 3. The van der Waals surface area contributed by atoms with Crippen LogP contribution in [0, 0.1) is 5.92 Å². The Hall–Kier alpha value is -3.35. The van der Waals surface area contributed by atoms with E-state index in [1.165, 1.54) is 0 Å². The number of ether oxygens (including phenoxy) is 6. The van der Waals surface area contributed by atoms with Crippen molar-refractivity contribution in [3.05, 3.63) is 47.0 Å². The van der Waals surface area contributed by atoms with E-state index in [1.807, 2.05) is 24.3 Å². The van der Waals surface area contributed by atoms with E-state index in [0.29, 0.717) is 35.8 Å². The molecule has 1 fully saturated rings. The molecule has 0 unspecified atom stereocenters. The lowest BCUT2D eigenvalue weighted by molar-refractivity contribution is -0.135. The fourth-order valence-electron chi connectivity index (χ4n) is 3.58. The molecule has 2 aromatic carbocycles. The third-order valence-corrected chi connectivity index (χ3v) is 5.02. The average Bonchev–Trinajstić information content (AvgIpc) is 3.34. The van der Waals surface area contributed by atoms with Crippen molar-refractivity contribution >= 4 is 12.0 Å². The second-order valence-electron chi connectivity index (χ2n) is 6.75. The first-order chi connectivity index (χ1) is 14.1. The first-order valence-corrected chi connectivity index (χ1v) is 9.20. The van der Waals surface area contributed by atoms with Gasteiger partial charge in [-0.15, -0.1) is 0 Å². The second kappa shape index (κ2) is 7.95. The largest absolute Gasteiger partial charge is 0.493 e. The summed E-state index contributed by atoms with van der Waals surface area (Å²) in [7, 11) is 4.66. The van der Waals surface area contributed by atoms with Crippen LogP contribution in [0.15, 0.2) is 35.9 Å². The van der Waals surface area contributed by atoms with Gasteiger partial charge in [0.25, 0.3) is 0 Å². The third kappa shape index (κ3) is 3.68. The summed E-state index contributed by atoms with van der Waals surface area (Å²) >= 11 is 0. The number of hydrogen-bond donors (Lipinski definition) is 0. The van der Waals surface area contributed by atoms with E-state index in [-0.39, 0.29) is 18.7 Å². The van der Waals surface area contributed by atoms with Gasteiger partial charge in [-0.3, -0.25) is 0 Å². The molecule has 2 aromatic rings. The van der Waals surface area contributed by atoms with Crippen LogP contribution in [0.2, 0.25) is 0 Å². The van der Waals surface area contributed by atoms with Crippen LogP contribution in [0.1, 0.15) is 11.1 Å². The van der Waals surface area contributed by atoms with Gasteiger partial charge < -0.3 is 28.4 Å². The Labute approximate surface area is 168 Å². The molecule has 1 atom stereocenters. The van der Waals surface area contributed by atoms with Crippen molar-refractivity contribution in [2.75, 3.05) is 34.7 Å². The van der Waals surface area contributed by atoms with Gasteiger partial charge in [0.05, 0.1) is 27.9 Å². The fraction of sp³-hybridized carbons (Fsp3) is 0.318. The minimum Gasteiger partial charge on any atom is -0.493 e. The molecule has 0 aliphatic carbocycles. The Morgan fingerprint density at radius 1 is 0.966 bits per heavy atom. The molecule has 0 bridgehead atoms. The number of carbonyl (C=O) groups excluding carboxylic acids is 1. The van der Waals surface area contributed by atoms with Crippen molar-refractivity contribution in [2.45, 2.75) is 6.42 Å². The van der Waals surface area contributed by atoms with Gasteiger partial charge in [0, 0.05) is 11.5 Å². The maximum absolute atomic E-state index is 12.4. The summed E-state index contributed by atoms with van der Waals surface area (Å²) in [5.41, 5.74) is 2.43. The molecule has 0 spiro atoms. The average molecular weight is 398 g/mol. The van der Waals surface area contributed by atoms with E-state index < -0.39 is 0 Å². The summed E-state index contributed by atoms with van der Waals surface area (Å²) < 4.78 is 32.3. The van der Waals surface area contributed by atoms with E-state index in [9.17, 15) is 4.79 Å². The number of cyclic esters (lactones) is 1. The van der Waals surface area contributed by atoms with Gasteiger partial charge in [0.2, 0.25) is 12.5 Å². The molecule has 1 saturated heterocycles. The lowest BCUT2D eigenvalue weighted by Gasteiger charge is -2.14. The van der Waals surface area contributed by atoms with Crippen LogP contribution in [-0.4, -0.2) is 40.7 Å². The quantitative estimate of drug-likeness (QED) is 0.546. The van der Waals surface area contributed by atoms with Crippen molar-refractivity contribution in [3.8, 4) is 28.7 Å². The van der Waals surface area contributed by atoms with Gasteiger partial charge in [-0.25, -0.2) is 4.79 Å². The summed E-state index contributed by atoms with van der Waals surface area (Å²) in [6.45, 7) is 0.569. The van der Waals surface area contributed by atoms with Crippen LogP contribution in [-0.2, 0) is 16.0 Å². The lowest BCUT2D eigenvalue weighted by atomic mass is 9.92. The number of hydrogen-bond acceptors (Lipinski definition) is 7. The minimum absolute atomic E-state index is 0.0676. The number of rotatable bonds is 6. The maximum Gasteiger partial charge on any atom is 0.334 e. The van der Waals surface area contributed by atoms with Crippen molar-refractivity contribution in [1.82, 2.24) is 0 Å². The van der Waals surface area contributed by atoms with Gasteiger partial charge >= 0.3 is 5.97 Å². The summed E-state index contributed by atoms with van der Waals surface area (Å²) in [5.74, 6) is 2.63. The molecule has 0 radical (unpaired) electrons. The van der Waals surface area contributed by atoms with Crippen molar-refractivity contribution < 1.29 is 33.2 Å². The van der Waals surface area contributed by atoms with Crippen molar-refractivity contribution in [2.24, 2.45) is 5.92 Å². The predicted molar refractivity (Wildman–Crippen MR) is 105 cm³/mol. The van der Waals surface area contributed by atoms with Crippen LogP contribution in [0.5, 0.6) is 28.7 Å². The summed E-state index contributed by atoms with van der Waals surface area (Å²) in [4.78, 5) is 12.4. The maximum atomic E-state index is 12.4. The summed E-state index contributed by atoms with van der Waals surface area (Å²) in [5, 5.41) is 0. The monoisotopic (exact) mass is 398 g/mol. The van der Waals surface area contributed by atoms with Gasteiger partial charge in [0.15, 0.2) is 23.0 Å². The molecule has 0 amide bonds. The zero-order chi connectivity index (χ0) is 20.4. The first-order valence-electron chi connectivity index (χ1n) is 9.20. The Morgan fingerprint density at radius 3 is 2.38 bits per heavy atom. The molecule has 29 heavy (non-hydrogen) atoms. The zero-order valence-electron chi connectivity index (χ0n) is 16.5. The first kappa shape index (κ1) is 19.0. The lowest BCUT2D eigenvalue weighted by Crippen LogP contribution is -2.07. The Morgan fingerprint density at radius 2 is 1.69 bits per heavy atom. The van der Waals surface area contributed by atoms with E-state index in [4.69, 9.17) is 28.4 Å². The number of fused-ring (bicyclic) bond motifs is 1. The van der Waals surface area contributed by atoms with E-state index in [1.54, 1.807) is 33.5 Å². The van der Waals surface area contributed by atoms with Crippen LogP contribution in [0.3, 0.4) is 0 Å². The zero-order valence-corrected chi connectivity index (χ0v) is 16.5. The highest BCUT2D eigenvalue weighted by atomic mass is 16.7. The highest BCUT2D eigenvalue weighted by molar-refractivity contribution is 5.96. The second-order valence-corrected chi connectivity index (χ2v) is 6.75. The highest BCUT2D eigenvalue weighted by Gasteiger charge is 2.31. The Bertz CT molecular complexity index is 939. The van der Waals surface area contributed by atoms with Crippen LogP contribution in [0.4, 0.5) is 0 Å². The smallest absolute Gasteiger partial charge is 0.334 e. The third-order valence-electron chi connectivity index (χ3n) is 5.02. The molecule has 0 saturated carbocycles. The molecule has 2 aliphatic rings. The fourth-order valence-corrected chi connectivity index (χ4v) is 3.58. The molecule has 152 valence electrons. The molecule has 7 nitrogen and oxygen atoms in total. The molecular weight excluding hydrogens is 376 g/mol. The van der Waals surface area contributed by atoms with Crippen LogP contribution < -0.4 is 23.7 Å². The van der Waals surface area contributed by atoms with Gasteiger partial charge in [-0.1, -0.05) is 6.07 Å². The molecule has 2 heterocycles. The summed E-state index contributed by atoms with van der Waals surface area (Å²) in [6, 6.07) is 9.42. The van der Waals surface area contributed by atoms with Crippen molar-refractivity contribution in [1.29, 1.82) is 0 Å². The van der Waals surface area contributed by atoms with E-state index >= 15 is 0 Å². The predicted octanol–water partition coefficient (Wildman–Crippen LogP) is 3.24. The molecule has 0 N–H and O–H groups in total. The highest BCUT2D eigenvalue weighted by Crippen LogP contribution is 2.40. The van der Waals surface area contributed by atoms with E-state index in [2.05, 4.69) is 0 Å². The SMILES string of the molecule is COc1cc(/C=C2/C(=O)OC[C@H]2Cc2ccc3c(c2)OCO3)cc(OC)c1OC. The summed E-state index contributed by atoms with van der Waals surface area (Å²) in [6.07, 6.45) is 2.47. The molecule has 2 aliphatic heterocycles. The van der Waals surface area contributed by atoms with Gasteiger partial charge in [-0.2, -0.15) is 0 Å². The molecule has 7 heteroatoms. The van der Waals surface area contributed by atoms with Crippen LogP contribution in [0.25, 0.3) is 6.08 Å². The van der Waals surface area contributed by atoms with Gasteiger partial charge in [0.1, 0.15) is 0 Å². The Balaban J connectivity index is 1.63. The Kier molecular flexibility index (Phi) is 5.20. The molecule has 4 rings (SSSR count). The topological polar surface area (TPSA) is 72.5 Å². The number of esters is 1. The van der Waals surface area contributed by atoms with E-state index in [0.717, 1.165) is 22.6 Å². The van der Waals surface area contributed by atoms with Gasteiger partial charge in [-0.05, 0) is 47.9 Å². The standard InChI is InChI=1S/C22H22O7/c1-24-19-9-14(10-20(25-2)21(19)26-3)7-16-15(11-27-22(16)23)6-13-4-5-17-18(8-13)29-12-28-17/h4-5,7-10,15H,6,11-12H2,1-3H3/b16-7+/t15-/m1/s1. The number of benzene rings is 2. The molecular formula is C22H22O7. The van der Waals surface area contributed by atoms with Crippen molar-refractivity contribution in [3.63, 3.8) is 0 Å². The minimum atomic E-state index is -0.315. The normalized spacial score (nSPS) is 18.7. The van der Waals surface area contributed by atoms with Crippen LogP contribution >= 0.6 is 0 Å². The molecule has 0 aromatic heterocycles.